The van der Waals surface area contributed by atoms with Crippen LogP contribution in [0.5, 0.6) is 0 Å². The first-order chi connectivity index (χ1) is 7.18. The third-order valence-electron chi connectivity index (χ3n) is 2.37. The van der Waals surface area contributed by atoms with Gasteiger partial charge in [-0.3, -0.25) is 4.98 Å². The molecule has 0 saturated carbocycles. The first kappa shape index (κ1) is 9.90. The van der Waals surface area contributed by atoms with Crippen LogP contribution in [0.1, 0.15) is 25.5 Å². The van der Waals surface area contributed by atoms with Crippen molar-refractivity contribution in [2.45, 2.75) is 26.8 Å². The predicted molar refractivity (Wildman–Crippen MR) is 60.6 cm³/mol. The molecule has 2 aromatic heterocycles. The number of aryl methyl sites for hydroxylation is 1. The van der Waals surface area contributed by atoms with Crippen molar-refractivity contribution in [3.8, 4) is 11.5 Å². The van der Waals surface area contributed by atoms with Gasteiger partial charge >= 0.3 is 0 Å². The van der Waals surface area contributed by atoms with Crippen LogP contribution in [0.4, 0.5) is 0 Å². The van der Waals surface area contributed by atoms with Crippen LogP contribution >= 0.6 is 0 Å². The van der Waals surface area contributed by atoms with Gasteiger partial charge in [0.2, 0.25) is 0 Å². The largest absolute Gasteiger partial charge is 0.327 e. The minimum atomic E-state index is 0.408. The van der Waals surface area contributed by atoms with Gasteiger partial charge in [-0.2, -0.15) is 0 Å². The van der Waals surface area contributed by atoms with Crippen LogP contribution in [-0.4, -0.2) is 14.5 Å². The van der Waals surface area contributed by atoms with Crippen molar-refractivity contribution in [3.05, 3.63) is 36.3 Å². The Kier molecular flexibility index (Phi) is 2.54. The highest BCUT2D eigenvalue weighted by Crippen LogP contribution is 2.18. The molecule has 0 unspecified atom stereocenters. The summed E-state index contributed by atoms with van der Waals surface area (Å²) in [6.45, 7) is 6.31. The average molecular weight is 201 g/mol. The van der Waals surface area contributed by atoms with E-state index in [-0.39, 0.29) is 0 Å². The number of rotatable bonds is 2. The summed E-state index contributed by atoms with van der Waals surface area (Å²) in [6.07, 6.45) is 5.67. The molecule has 0 saturated heterocycles. The maximum Gasteiger partial charge on any atom is 0.158 e. The third kappa shape index (κ3) is 1.91. The maximum atomic E-state index is 4.38. The fourth-order valence-electron chi connectivity index (χ4n) is 1.53. The van der Waals surface area contributed by atoms with Crippen LogP contribution < -0.4 is 0 Å². The van der Waals surface area contributed by atoms with Gasteiger partial charge in [0.15, 0.2) is 5.82 Å². The quantitative estimate of drug-likeness (QED) is 0.748. The molecule has 0 aliphatic rings. The number of pyridine rings is 1. The van der Waals surface area contributed by atoms with Gasteiger partial charge in [-0.25, -0.2) is 4.98 Å². The maximum absolute atomic E-state index is 4.38. The van der Waals surface area contributed by atoms with Crippen molar-refractivity contribution < 1.29 is 0 Å². The highest BCUT2D eigenvalue weighted by molar-refractivity contribution is 5.49. The smallest absolute Gasteiger partial charge is 0.158 e. The van der Waals surface area contributed by atoms with Gasteiger partial charge in [0, 0.05) is 24.6 Å². The second-order valence-electron chi connectivity index (χ2n) is 3.97. The summed E-state index contributed by atoms with van der Waals surface area (Å²) in [6, 6.07) is 4.48. The fraction of sp³-hybridized carbons (Fsp3) is 0.333. The molecular weight excluding hydrogens is 186 g/mol. The van der Waals surface area contributed by atoms with Crippen molar-refractivity contribution >= 4 is 0 Å². The molecule has 0 bridgehead atoms. The SMILES string of the molecule is Cc1ccc(-c2nccn2C(C)C)nc1. The van der Waals surface area contributed by atoms with E-state index in [4.69, 9.17) is 0 Å². The molecule has 0 aromatic carbocycles. The van der Waals surface area contributed by atoms with E-state index in [0.29, 0.717) is 6.04 Å². The average Bonchev–Trinajstić information content (AvgIpc) is 2.67. The normalized spacial score (nSPS) is 10.9. The fourth-order valence-corrected chi connectivity index (χ4v) is 1.53. The molecule has 0 aliphatic carbocycles. The van der Waals surface area contributed by atoms with Crippen molar-refractivity contribution in [2.75, 3.05) is 0 Å². The van der Waals surface area contributed by atoms with Crippen LogP contribution in [-0.2, 0) is 0 Å². The molecule has 78 valence electrons. The third-order valence-corrected chi connectivity index (χ3v) is 2.37. The number of imidazole rings is 1. The molecule has 0 aliphatic heterocycles. The Bertz CT molecular complexity index is 440. The minimum absolute atomic E-state index is 0.408. The lowest BCUT2D eigenvalue weighted by molar-refractivity contribution is 0.605. The zero-order valence-corrected chi connectivity index (χ0v) is 9.31. The molecule has 2 rings (SSSR count). The van der Waals surface area contributed by atoms with E-state index >= 15 is 0 Å². The van der Waals surface area contributed by atoms with Crippen LogP contribution in [0.2, 0.25) is 0 Å². The number of hydrogen-bond acceptors (Lipinski definition) is 2. The van der Waals surface area contributed by atoms with Gasteiger partial charge < -0.3 is 4.57 Å². The lowest BCUT2D eigenvalue weighted by Gasteiger charge is -2.10. The van der Waals surface area contributed by atoms with Crippen LogP contribution in [0.3, 0.4) is 0 Å². The summed E-state index contributed by atoms with van der Waals surface area (Å²) in [7, 11) is 0. The molecular formula is C12H15N3. The van der Waals surface area contributed by atoms with E-state index in [1.165, 1.54) is 5.56 Å². The lowest BCUT2D eigenvalue weighted by Crippen LogP contribution is -2.02. The Morgan fingerprint density at radius 1 is 1.20 bits per heavy atom. The zero-order valence-electron chi connectivity index (χ0n) is 9.31. The molecule has 15 heavy (non-hydrogen) atoms. The first-order valence-corrected chi connectivity index (χ1v) is 5.14. The number of nitrogens with zero attached hydrogens (tertiary/aromatic N) is 3. The van der Waals surface area contributed by atoms with Crippen LogP contribution in [0.25, 0.3) is 11.5 Å². The molecule has 0 radical (unpaired) electrons. The molecule has 0 spiro atoms. The van der Waals surface area contributed by atoms with Crippen molar-refractivity contribution in [1.29, 1.82) is 0 Å². The highest BCUT2D eigenvalue weighted by atomic mass is 15.1. The molecule has 3 heteroatoms. The topological polar surface area (TPSA) is 30.7 Å². The molecule has 2 heterocycles. The molecule has 0 N–H and O–H groups in total. The van der Waals surface area contributed by atoms with Crippen LogP contribution in [0.15, 0.2) is 30.7 Å². The Hall–Kier alpha value is -1.64. The Morgan fingerprint density at radius 3 is 2.60 bits per heavy atom. The van der Waals surface area contributed by atoms with Gasteiger partial charge in [-0.05, 0) is 32.4 Å². The standard InChI is InChI=1S/C12H15N3/c1-9(2)15-7-6-13-12(15)11-5-4-10(3)8-14-11/h4-9H,1-3H3. The van der Waals surface area contributed by atoms with Gasteiger partial charge in [-0.1, -0.05) is 6.07 Å². The monoisotopic (exact) mass is 201 g/mol. The summed E-state index contributed by atoms with van der Waals surface area (Å²) >= 11 is 0. The molecule has 0 amide bonds. The van der Waals surface area contributed by atoms with Crippen molar-refractivity contribution in [2.24, 2.45) is 0 Å². The van der Waals surface area contributed by atoms with Gasteiger partial charge in [0.05, 0.1) is 0 Å². The van der Waals surface area contributed by atoms with Gasteiger partial charge in [0.25, 0.3) is 0 Å². The van der Waals surface area contributed by atoms with E-state index in [9.17, 15) is 0 Å². The molecule has 2 aromatic rings. The van der Waals surface area contributed by atoms with E-state index in [0.717, 1.165) is 11.5 Å². The van der Waals surface area contributed by atoms with Gasteiger partial charge in [0.1, 0.15) is 5.69 Å². The second-order valence-corrected chi connectivity index (χ2v) is 3.97. The first-order valence-electron chi connectivity index (χ1n) is 5.14. The van der Waals surface area contributed by atoms with Crippen LogP contribution in [0, 0.1) is 6.92 Å². The zero-order chi connectivity index (χ0) is 10.8. The Balaban J connectivity index is 2.45. The molecule has 0 atom stereocenters. The molecule has 3 nitrogen and oxygen atoms in total. The highest BCUT2D eigenvalue weighted by Gasteiger charge is 2.08. The lowest BCUT2D eigenvalue weighted by atomic mass is 10.2. The van der Waals surface area contributed by atoms with E-state index < -0.39 is 0 Å². The predicted octanol–water partition coefficient (Wildman–Crippen LogP) is 2.83. The van der Waals surface area contributed by atoms with Crippen molar-refractivity contribution in [1.82, 2.24) is 14.5 Å². The summed E-state index contributed by atoms with van der Waals surface area (Å²) in [4.78, 5) is 8.72. The summed E-state index contributed by atoms with van der Waals surface area (Å²) < 4.78 is 2.12. The summed E-state index contributed by atoms with van der Waals surface area (Å²) in [5, 5.41) is 0. The van der Waals surface area contributed by atoms with E-state index in [1.54, 1.807) is 0 Å². The Labute approximate surface area is 89.8 Å². The summed E-state index contributed by atoms with van der Waals surface area (Å²) in [5.74, 6) is 0.935. The van der Waals surface area contributed by atoms with Gasteiger partial charge in [-0.15, -0.1) is 0 Å². The van der Waals surface area contributed by atoms with E-state index in [1.807, 2.05) is 31.6 Å². The number of aromatic nitrogens is 3. The Morgan fingerprint density at radius 2 is 2.00 bits per heavy atom. The number of hydrogen-bond donors (Lipinski definition) is 0. The molecule has 0 fully saturated rings. The van der Waals surface area contributed by atoms with E-state index in [2.05, 4.69) is 34.4 Å². The summed E-state index contributed by atoms with van der Waals surface area (Å²) in [5.41, 5.74) is 2.10. The second kappa shape index (κ2) is 3.85. The minimum Gasteiger partial charge on any atom is -0.327 e. The van der Waals surface area contributed by atoms with Crippen molar-refractivity contribution in [3.63, 3.8) is 0 Å².